The van der Waals surface area contributed by atoms with Gasteiger partial charge < -0.3 is 15.0 Å². The van der Waals surface area contributed by atoms with Gasteiger partial charge in [0, 0.05) is 43.0 Å². The Bertz CT molecular complexity index is 976. The second-order valence-electron chi connectivity index (χ2n) is 6.21. The van der Waals surface area contributed by atoms with Crippen LogP contribution in [0.25, 0.3) is 11.3 Å². The van der Waals surface area contributed by atoms with Crippen LogP contribution in [0.5, 0.6) is 0 Å². The van der Waals surface area contributed by atoms with Crippen LogP contribution in [0.1, 0.15) is 0 Å². The molecule has 1 saturated heterocycles. The quantitative estimate of drug-likeness (QED) is 0.533. The van der Waals surface area contributed by atoms with E-state index < -0.39 is 4.92 Å². The molecule has 4 rings (SSSR count). The highest BCUT2D eigenvalue weighted by Crippen LogP contribution is 2.27. The van der Waals surface area contributed by atoms with Crippen molar-refractivity contribution < 1.29 is 9.66 Å². The number of nitro groups is 1. The molecule has 142 valence electrons. The SMILES string of the molecule is O=[N+]([O-])c1cccc(-c2cc(Nc3cccnc3)nc(N3CCOCC3)n2)c1. The van der Waals surface area contributed by atoms with Crippen LogP contribution in [0.3, 0.4) is 0 Å². The van der Waals surface area contributed by atoms with Crippen molar-refractivity contribution >= 4 is 23.1 Å². The van der Waals surface area contributed by atoms with Gasteiger partial charge >= 0.3 is 0 Å². The van der Waals surface area contributed by atoms with Crippen molar-refractivity contribution in [1.29, 1.82) is 0 Å². The summed E-state index contributed by atoms with van der Waals surface area (Å²) in [4.78, 5) is 26.1. The Labute approximate surface area is 161 Å². The van der Waals surface area contributed by atoms with E-state index in [1.165, 1.54) is 12.1 Å². The van der Waals surface area contributed by atoms with E-state index >= 15 is 0 Å². The number of hydrogen-bond acceptors (Lipinski definition) is 8. The average molecular weight is 378 g/mol. The van der Waals surface area contributed by atoms with Crippen molar-refractivity contribution in [2.45, 2.75) is 0 Å². The minimum absolute atomic E-state index is 0.0193. The van der Waals surface area contributed by atoms with Crippen LogP contribution in [0, 0.1) is 10.1 Å². The summed E-state index contributed by atoms with van der Waals surface area (Å²) in [5.41, 5.74) is 2.07. The van der Waals surface area contributed by atoms with Crippen molar-refractivity contribution in [2.24, 2.45) is 0 Å². The molecule has 1 fully saturated rings. The van der Waals surface area contributed by atoms with Crippen LogP contribution in [0.15, 0.2) is 54.9 Å². The lowest BCUT2D eigenvalue weighted by molar-refractivity contribution is -0.384. The van der Waals surface area contributed by atoms with Crippen LogP contribution in [0.4, 0.5) is 23.1 Å². The van der Waals surface area contributed by atoms with Crippen LogP contribution < -0.4 is 10.2 Å². The molecule has 0 atom stereocenters. The number of non-ortho nitro benzene ring substituents is 1. The van der Waals surface area contributed by atoms with E-state index in [2.05, 4.69) is 20.3 Å². The Hall–Kier alpha value is -3.59. The maximum atomic E-state index is 11.1. The molecule has 2 aromatic heterocycles. The third kappa shape index (κ3) is 4.04. The van der Waals surface area contributed by atoms with Crippen molar-refractivity contribution in [1.82, 2.24) is 15.0 Å². The van der Waals surface area contributed by atoms with Gasteiger partial charge in [0.25, 0.3) is 5.69 Å². The van der Waals surface area contributed by atoms with Crippen molar-refractivity contribution in [2.75, 3.05) is 36.5 Å². The molecule has 1 N–H and O–H groups in total. The molecule has 1 aliphatic heterocycles. The van der Waals surface area contributed by atoms with Crippen LogP contribution >= 0.6 is 0 Å². The number of aromatic nitrogens is 3. The second-order valence-corrected chi connectivity index (χ2v) is 6.21. The van der Waals surface area contributed by atoms with E-state index in [4.69, 9.17) is 4.74 Å². The maximum absolute atomic E-state index is 11.1. The van der Waals surface area contributed by atoms with Gasteiger partial charge in [-0.25, -0.2) is 4.98 Å². The summed E-state index contributed by atoms with van der Waals surface area (Å²) in [5.74, 6) is 1.14. The average Bonchev–Trinajstić information content (AvgIpc) is 2.75. The molecular formula is C19H18N6O3. The fourth-order valence-corrected chi connectivity index (χ4v) is 2.91. The molecule has 1 aromatic carbocycles. The number of benzene rings is 1. The molecule has 0 bridgehead atoms. The van der Waals surface area contributed by atoms with Crippen LogP contribution in [0.2, 0.25) is 0 Å². The maximum Gasteiger partial charge on any atom is 0.270 e. The summed E-state index contributed by atoms with van der Waals surface area (Å²) >= 11 is 0. The Morgan fingerprint density at radius 2 is 1.96 bits per heavy atom. The number of nitrogens with one attached hydrogen (secondary N) is 1. The summed E-state index contributed by atoms with van der Waals surface area (Å²) in [7, 11) is 0. The minimum atomic E-state index is -0.414. The zero-order valence-corrected chi connectivity index (χ0v) is 15.0. The summed E-state index contributed by atoms with van der Waals surface area (Å²) in [6.45, 7) is 2.58. The molecule has 1 aliphatic rings. The van der Waals surface area contributed by atoms with Crippen molar-refractivity contribution in [3.05, 3.63) is 65.0 Å². The van der Waals surface area contributed by atoms with Crippen molar-refractivity contribution in [3.8, 4) is 11.3 Å². The van der Waals surface area contributed by atoms with Gasteiger partial charge in [-0.05, 0) is 12.1 Å². The Morgan fingerprint density at radius 1 is 1.11 bits per heavy atom. The van der Waals surface area contributed by atoms with Gasteiger partial charge in [0.2, 0.25) is 5.95 Å². The highest BCUT2D eigenvalue weighted by molar-refractivity contribution is 5.69. The molecule has 0 amide bonds. The standard InChI is InChI=1S/C19H18N6O3/c26-25(27)16-5-1-3-14(11-16)17-12-18(21-15-4-2-6-20-13-15)23-19(22-17)24-7-9-28-10-8-24/h1-6,11-13H,7-10H2,(H,21,22,23). The number of ether oxygens (including phenoxy) is 1. The number of rotatable bonds is 5. The van der Waals surface area contributed by atoms with Crippen LogP contribution in [-0.4, -0.2) is 46.2 Å². The Balaban J connectivity index is 1.75. The Morgan fingerprint density at radius 3 is 2.71 bits per heavy atom. The van der Waals surface area contributed by atoms with Gasteiger partial charge in [0.1, 0.15) is 5.82 Å². The lowest BCUT2D eigenvalue weighted by atomic mass is 10.1. The van der Waals surface area contributed by atoms with E-state index in [0.717, 1.165) is 5.69 Å². The molecule has 0 unspecified atom stereocenters. The number of hydrogen-bond donors (Lipinski definition) is 1. The predicted molar refractivity (Wildman–Crippen MR) is 105 cm³/mol. The molecule has 0 radical (unpaired) electrons. The zero-order chi connectivity index (χ0) is 19.3. The van der Waals surface area contributed by atoms with E-state index in [0.29, 0.717) is 49.3 Å². The normalized spacial score (nSPS) is 13.9. The van der Waals surface area contributed by atoms with E-state index in [9.17, 15) is 10.1 Å². The molecule has 0 aliphatic carbocycles. The molecule has 0 spiro atoms. The van der Waals surface area contributed by atoms with Gasteiger partial charge in [0.15, 0.2) is 0 Å². The third-order valence-electron chi connectivity index (χ3n) is 4.29. The number of anilines is 3. The molecule has 0 saturated carbocycles. The largest absolute Gasteiger partial charge is 0.378 e. The Kier molecular flexibility index (Phi) is 5.07. The first-order chi connectivity index (χ1) is 13.7. The highest BCUT2D eigenvalue weighted by atomic mass is 16.6. The summed E-state index contributed by atoms with van der Waals surface area (Å²) in [6, 6.07) is 11.9. The highest BCUT2D eigenvalue weighted by Gasteiger charge is 2.17. The minimum Gasteiger partial charge on any atom is -0.378 e. The fraction of sp³-hybridized carbons (Fsp3) is 0.211. The number of pyridine rings is 1. The molecule has 3 heterocycles. The number of morpholine rings is 1. The fourth-order valence-electron chi connectivity index (χ4n) is 2.91. The van der Waals surface area contributed by atoms with Gasteiger partial charge in [0.05, 0.1) is 35.7 Å². The second kappa shape index (κ2) is 7.97. The van der Waals surface area contributed by atoms with Gasteiger partial charge in [-0.15, -0.1) is 0 Å². The van der Waals surface area contributed by atoms with Gasteiger partial charge in [-0.1, -0.05) is 12.1 Å². The third-order valence-corrected chi connectivity index (χ3v) is 4.29. The first-order valence-corrected chi connectivity index (χ1v) is 8.83. The lowest BCUT2D eigenvalue weighted by Crippen LogP contribution is -2.37. The van der Waals surface area contributed by atoms with Gasteiger partial charge in [-0.2, -0.15) is 4.98 Å². The van der Waals surface area contributed by atoms with Crippen LogP contribution in [-0.2, 0) is 4.74 Å². The molecule has 9 heteroatoms. The topological polar surface area (TPSA) is 106 Å². The van der Waals surface area contributed by atoms with E-state index in [-0.39, 0.29) is 5.69 Å². The molecule has 9 nitrogen and oxygen atoms in total. The summed E-state index contributed by atoms with van der Waals surface area (Å²) in [6.07, 6.45) is 3.39. The summed E-state index contributed by atoms with van der Waals surface area (Å²) < 4.78 is 5.41. The summed E-state index contributed by atoms with van der Waals surface area (Å²) in [5, 5.41) is 14.4. The van der Waals surface area contributed by atoms with Gasteiger partial charge in [-0.3, -0.25) is 15.1 Å². The first-order valence-electron chi connectivity index (χ1n) is 8.83. The number of nitrogens with zero attached hydrogens (tertiary/aromatic N) is 5. The predicted octanol–water partition coefficient (Wildman–Crippen LogP) is 3.03. The zero-order valence-electron chi connectivity index (χ0n) is 15.0. The van der Waals surface area contributed by atoms with E-state index in [1.54, 1.807) is 30.6 Å². The molecule has 28 heavy (non-hydrogen) atoms. The first kappa shape index (κ1) is 17.8. The smallest absolute Gasteiger partial charge is 0.270 e. The molecule has 3 aromatic rings. The monoisotopic (exact) mass is 378 g/mol. The number of nitro benzene ring substituents is 1. The molecular weight excluding hydrogens is 360 g/mol. The van der Waals surface area contributed by atoms with Crippen molar-refractivity contribution in [3.63, 3.8) is 0 Å². The van der Waals surface area contributed by atoms with E-state index in [1.807, 2.05) is 17.0 Å². The lowest BCUT2D eigenvalue weighted by Gasteiger charge is -2.27.